The molecular formula is C39H61N3O7. The number of nitrogens with zero attached hydrogens (tertiary/aromatic N) is 3. The normalized spacial score (nSPS) is 15.4. The Balaban J connectivity index is 1.68. The van der Waals surface area contributed by atoms with E-state index in [2.05, 4.69) is 24.2 Å². The minimum Gasteiger partial charge on any atom is -0.487 e. The van der Waals surface area contributed by atoms with Gasteiger partial charge in [-0.05, 0) is 71.4 Å². The third-order valence-electron chi connectivity index (χ3n) is 9.69. The molecule has 0 saturated carbocycles. The van der Waals surface area contributed by atoms with Crippen molar-refractivity contribution in [3.63, 3.8) is 0 Å². The molecule has 1 unspecified atom stereocenters. The summed E-state index contributed by atoms with van der Waals surface area (Å²) in [6, 6.07) is 0. The first kappa shape index (κ1) is 40.0. The largest absolute Gasteiger partial charge is 0.487 e. The van der Waals surface area contributed by atoms with E-state index in [1.807, 2.05) is 13.8 Å². The van der Waals surface area contributed by atoms with E-state index in [9.17, 15) is 14.4 Å². The van der Waals surface area contributed by atoms with Gasteiger partial charge in [-0.1, -0.05) is 95.6 Å². The van der Waals surface area contributed by atoms with Crippen LogP contribution in [0.25, 0.3) is 0 Å². The number of esters is 3. The first-order valence-corrected chi connectivity index (χ1v) is 18.9. The zero-order valence-electron chi connectivity index (χ0n) is 31.3. The van der Waals surface area contributed by atoms with E-state index < -0.39 is 17.9 Å². The van der Waals surface area contributed by atoms with Crippen LogP contribution in [0.5, 0.6) is 11.5 Å². The predicted molar refractivity (Wildman–Crippen MR) is 191 cm³/mol. The first-order chi connectivity index (χ1) is 23.6. The Labute approximate surface area is 294 Å². The highest BCUT2D eigenvalue weighted by Crippen LogP contribution is 2.45. The Bertz CT molecular complexity index is 1390. The fourth-order valence-electron chi connectivity index (χ4n) is 6.79. The van der Waals surface area contributed by atoms with Gasteiger partial charge in [0.1, 0.15) is 17.1 Å². The summed E-state index contributed by atoms with van der Waals surface area (Å²) < 4.78 is 24.3. The maximum absolute atomic E-state index is 13.0. The van der Waals surface area contributed by atoms with E-state index in [-0.39, 0.29) is 36.7 Å². The molecule has 10 heteroatoms. The molecule has 0 bridgehead atoms. The Morgan fingerprint density at radius 1 is 0.796 bits per heavy atom. The maximum atomic E-state index is 13.0. The van der Waals surface area contributed by atoms with Gasteiger partial charge in [-0.25, -0.2) is 14.3 Å². The molecule has 0 saturated heterocycles. The van der Waals surface area contributed by atoms with Crippen LogP contribution in [0.15, 0.2) is 0 Å². The minimum absolute atomic E-state index is 0.0195. The van der Waals surface area contributed by atoms with Crippen LogP contribution >= 0.6 is 0 Å². The average Bonchev–Trinajstić information content (AvgIpc) is 3.49. The van der Waals surface area contributed by atoms with Crippen LogP contribution in [0.3, 0.4) is 0 Å². The highest BCUT2D eigenvalue weighted by atomic mass is 16.5. The molecule has 2 aromatic rings. The first-order valence-electron chi connectivity index (χ1n) is 18.9. The fourth-order valence-corrected chi connectivity index (χ4v) is 6.79. The summed E-state index contributed by atoms with van der Waals surface area (Å²) in [6.45, 7) is 13.3. The monoisotopic (exact) mass is 683 g/mol. The van der Waals surface area contributed by atoms with Crippen molar-refractivity contribution in [3.05, 3.63) is 33.6 Å². The van der Waals surface area contributed by atoms with Crippen LogP contribution < -0.4 is 9.47 Å². The van der Waals surface area contributed by atoms with Gasteiger partial charge in [0.2, 0.25) is 5.69 Å². The van der Waals surface area contributed by atoms with Crippen molar-refractivity contribution in [1.82, 2.24) is 15.0 Å². The average molecular weight is 684 g/mol. The number of hydrogen-bond acceptors (Lipinski definition) is 9. The van der Waals surface area contributed by atoms with E-state index >= 15 is 0 Å². The van der Waals surface area contributed by atoms with Crippen molar-refractivity contribution in [2.24, 2.45) is 0 Å². The molecule has 0 radical (unpaired) electrons. The molecule has 0 amide bonds. The SMILES string of the molecule is CCCCCCCCCCCCCCCCC1(C)CCc2c(Cn3nnc(C(=O)OCC)c3C(=O)OCC)c(OC(C)=O)c(C)c(C)c2O1. The second kappa shape index (κ2) is 20.3. The number of benzene rings is 1. The van der Waals surface area contributed by atoms with Crippen molar-refractivity contribution < 1.29 is 33.3 Å². The molecule has 0 N–H and O–H groups in total. The standard InChI is InChI=1S/C39H61N3O7/c1-8-11-12-13-14-15-16-17-18-19-20-21-22-23-25-39(7)26-24-31-32(35(48-30(6)43)28(4)29(5)36(31)49-39)27-42-34(38(45)47-10-3)33(40-41-42)37(44)46-9-2/h8-27H2,1-7H3. The van der Waals surface area contributed by atoms with Gasteiger partial charge in [-0.15, -0.1) is 5.10 Å². The lowest BCUT2D eigenvalue weighted by Crippen LogP contribution is -2.37. The molecule has 2 heterocycles. The van der Waals surface area contributed by atoms with E-state index in [0.717, 1.165) is 41.7 Å². The minimum atomic E-state index is -0.762. The molecule has 1 atom stereocenters. The van der Waals surface area contributed by atoms with Crippen LogP contribution in [0.4, 0.5) is 0 Å². The van der Waals surface area contributed by atoms with E-state index in [1.54, 1.807) is 13.8 Å². The van der Waals surface area contributed by atoms with Crippen molar-refractivity contribution in [2.75, 3.05) is 13.2 Å². The van der Waals surface area contributed by atoms with Gasteiger partial charge < -0.3 is 18.9 Å². The molecule has 1 aromatic carbocycles. The van der Waals surface area contributed by atoms with Gasteiger partial charge in [-0.3, -0.25) is 4.79 Å². The molecule has 0 spiro atoms. The molecule has 1 aliphatic heterocycles. The highest BCUT2D eigenvalue weighted by Gasteiger charge is 2.36. The number of unbranched alkanes of at least 4 members (excludes halogenated alkanes) is 13. The molecule has 274 valence electrons. The number of hydrogen-bond donors (Lipinski definition) is 0. The van der Waals surface area contributed by atoms with Gasteiger partial charge in [-0.2, -0.15) is 0 Å². The lowest BCUT2D eigenvalue weighted by atomic mass is 9.84. The lowest BCUT2D eigenvalue weighted by molar-refractivity contribution is -0.132. The predicted octanol–water partition coefficient (Wildman–Crippen LogP) is 9.18. The Morgan fingerprint density at radius 3 is 1.90 bits per heavy atom. The Hall–Kier alpha value is -3.43. The fraction of sp³-hybridized carbons (Fsp3) is 0.718. The summed E-state index contributed by atoms with van der Waals surface area (Å²) in [4.78, 5) is 38.0. The number of carbonyl (C=O) groups excluding carboxylic acids is 3. The Morgan fingerprint density at radius 2 is 1.35 bits per heavy atom. The number of fused-ring (bicyclic) bond motifs is 1. The summed E-state index contributed by atoms with van der Waals surface area (Å²) in [5, 5.41) is 8.14. The van der Waals surface area contributed by atoms with Gasteiger partial charge in [0.05, 0.1) is 19.8 Å². The smallest absolute Gasteiger partial charge is 0.361 e. The van der Waals surface area contributed by atoms with Gasteiger partial charge in [0.25, 0.3) is 0 Å². The van der Waals surface area contributed by atoms with Gasteiger partial charge >= 0.3 is 17.9 Å². The summed E-state index contributed by atoms with van der Waals surface area (Å²) in [6.07, 6.45) is 21.0. The molecule has 3 rings (SSSR count). The second-order valence-electron chi connectivity index (χ2n) is 13.7. The van der Waals surface area contributed by atoms with E-state index in [4.69, 9.17) is 18.9 Å². The third kappa shape index (κ3) is 11.6. The van der Waals surface area contributed by atoms with Crippen molar-refractivity contribution in [3.8, 4) is 11.5 Å². The molecule has 1 aromatic heterocycles. The Kier molecular flexibility index (Phi) is 16.6. The topological polar surface area (TPSA) is 119 Å². The molecule has 10 nitrogen and oxygen atoms in total. The zero-order valence-corrected chi connectivity index (χ0v) is 31.3. The van der Waals surface area contributed by atoms with E-state index in [0.29, 0.717) is 17.7 Å². The van der Waals surface area contributed by atoms with Gasteiger partial charge in [0.15, 0.2) is 5.69 Å². The van der Waals surface area contributed by atoms with Crippen molar-refractivity contribution in [1.29, 1.82) is 0 Å². The zero-order chi connectivity index (χ0) is 35.8. The van der Waals surface area contributed by atoms with Crippen molar-refractivity contribution in [2.45, 2.75) is 170 Å². The molecule has 0 aliphatic carbocycles. The number of aromatic nitrogens is 3. The van der Waals surface area contributed by atoms with Crippen LogP contribution in [0.2, 0.25) is 0 Å². The summed E-state index contributed by atoms with van der Waals surface area (Å²) in [5.74, 6) is -0.766. The van der Waals surface area contributed by atoms with E-state index in [1.165, 1.54) is 95.1 Å². The third-order valence-corrected chi connectivity index (χ3v) is 9.69. The summed E-state index contributed by atoms with van der Waals surface area (Å²) >= 11 is 0. The molecular weight excluding hydrogens is 622 g/mol. The van der Waals surface area contributed by atoms with Gasteiger partial charge in [0, 0.05) is 18.1 Å². The molecule has 1 aliphatic rings. The van der Waals surface area contributed by atoms with Crippen LogP contribution in [-0.2, 0) is 27.2 Å². The maximum Gasteiger partial charge on any atom is 0.361 e. The summed E-state index contributed by atoms with van der Waals surface area (Å²) in [7, 11) is 0. The quantitative estimate of drug-likeness (QED) is 0.0680. The number of carbonyl (C=O) groups is 3. The van der Waals surface area contributed by atoms with Crippen LogP contribution in [0, 0.1) is 13.8 Å². The lowest BCUT2D eigenvalue weighted by Gasteiger charge is -2.38. The van der Waals surface area contributed by atoms with Crippen molar-refractivity contribution >= 4 is 17.9 Å². The van der Waals surface area contributed by atoms with Crippen LogP contribution in [-0.4, -0.2) is 51.7 Å². The van der Waals surface area contributed by atoms with Crippen LogP contribution in [0.1, 0.15) is 181 Å². The molecule has 49 heavy (non-hydrogen) atoms. The number of rotatable bonds is 22. The second-order valence-corrected chi connectivity index (χ2v) is 13.7. The number of ether oxygens (including phenoxy) is 4. The highest BCUT2D eigenvalue weighted by molar-refractivity contribution is 6.00. The summed E-state index contributed by atoms with van der Waals surface area (Å²) in [5.41, 5.74) is 2.61. The molecule has 0 fully saturated rings.